The smallest absolute Gasteiger partial charge is 0.222 e. The lowest BCUT2D eigenvalue weighted by Crippen LogP contribution is -1.76. The SMILES string of the molecule is C=C(C)c1cc(N)on1. The molecule has 0 saturated carbocycles. The Balaban J connectivity index is 2.98. The van der Waals surface area contributed by atoms with Crippen molar-refractivity contribution in [1.82, 2.24) is 5.16 Å². The van der Waals surface area contributed by atoms with Gasteiger partial charge in [0.2, 0.25) is 5.88 Å². The Morgan fingerprint density at radius 1 is 1.89 bits per heavy atom. The maximum absolute atomic E-state index is 5.25. The molecule has 1 aromatic heterocycles. The van der Waals surface area contributed by atoms with Gasteiger partial charge in [-0.1, -0.05) is 11.7 Å². The third kappa shape index (κ3) is 1.10. The number of nitrogens with two attached hydrogens (primary N) is 1. The Labute approximate surface area is 53.1 Å². The molecule has 1 aromatic rings. The van der Waals surface area contributed by atoms with E-state index in [-0.39, 0.29) is 0 Å². The van der Waals surface area contributed by atoms with Crippen molar-refractivity contribution >= 4 is 11.5 Å². The Morgan fingerprint density at radius 2 is 2.56 bits per heavy atom. The van der Waals surface area contributed by atoms with E-state index < -0.39 is 0 Å². The highest BCUT2D eigenvalue weighted by Gasteiger charge is 1.98. The molecule has 0 aliphatic rings. The van der Waals surface area contributed by atoms with Crippen LogP contribution in [0.3, 0.4) is 0 Å². The number of aromatic nitrogens is 1. The summed E-state index contributed by atoms with van der Waals surface area (Å²) in [5.74, 6) is 0.327. The van der Waals surface area contributed by atoms with Gasteiger partial charge in [0.15, 0.2) is 0 Å². The summed E-state index contributed by atoms with van der Waals surface area (Å²) >= 11 is 0. The van der Waals surface area contributed by atoms with Gasteiger partial charge in [0, 0.05) is 6.07 Å². The van der Waals surface area contributed by atoms with Crippen LogP contribution < -0.4 is 5.73 Å². The summed E-state index contributed by atoms with van der Waals surface area (Å²) in [5.41, 5.74) is 6.82. The molecule has 3 nitrogen and oxygen atoms in total. The molecule has 0 aromatic carbocycles. The zero-order valence-corrected chi connectivity index (χ0v) is 5.22. The summed E-state index contributed by atoms with van der Waals surface area (Å²) in [7, 11) is 0. The molecular formula is C6H8N2O. The topological polar surface area (TPSA) is 52.0 Å². The predicted molar refractivity (Wildman–Crippen MR) is 35.6 cm³/mol. The summed E-state index contributed by atoms with van der Waals surface area (Å²) in [6.45, 7) is 5.51. The van der Waals surface area contributed by atoms with Crippen LogP contribution in [0.5, 0.6) is 0 Å². The van der Waals surface area contributed by atoms with Gasteiger partial charge in [0.25, 0.3) is 0 Å². The van der Waals surface area contributed by atoms with E-state index in [1.54, 1.807) is 6.07 Å². The van der Waals surface area contributed by atoms with Crippen LogP contribution in [-0.4, -0.2) is 5.16 Å². The lowest BCUT2D eigenvalue weighted by atomic mass is 10.2. The van der Waals surface area contributed by atoms with E-state index in [2.05, 4.69) is 16.3 Å². The minimum Gasteiger partial charge on any atom is -0.368 e. The lowest BCUT2D eigenvalue weighted by molar-refractivity contribution is 0.434. The Morgan fingerprint density at radius 3 is 2.78 bits per heavy atom. The average Bonchev–Trinajstić information content (AvgIpc) is 2.14. The number of nitrogen functional groups attached to an aromatic ring is 1. The highest BCUT2D eigenvalue weighted by atomic mass is 16.5. The molecule has 0 saturated heterocycles. The van der Waals surface area contributed by atoms with Crippen molar-refractivity contribution in [3.8, 4) is 0 Å². The monoisotopic (exact) mass is 124 g/mol. The number of allylic oxidation sites excluding steroid dienone is 1. The molecule has 9 heavy (non-hydrogen) atoms. The van der Waals surface area contributed by atoms with Crippen LogP contribution in [0.4, 0.5) is 5.88 Å². The zero-order valence-electron chi connectivity index (χ0n) is 5.22. The van der Waals surface area contributed by atoms with E-state index in [4.69, 9.17) is 5.73 Å². The van der Waals surface area contributed by atoms with Gasteiger partial charge in [0.05, 0.1) is 0 Å². The summed E-state index contributed by atoms with van der Waals surface area (Å²) < 4.78 is 4.59. The minimum atomic E-state index is 0.327. The fraction of sp³-hybridized carbons (Fsp3) is 0.167. The molecule has 0 unspecified atom stereocenters. The van der Waals surface area contributed by atoms with Crippen molar-refractivity contribution in [2.75, 3.05) is 5.73 Å². The van der Waals surface area contributed by atoms with Crippen molar-refractivity contribution in [3.05, 3.63) is 18.3 Å². The van der Waals surface area contributed by atoms with Crippen LogP contribution in [-0.2, 0) is 0 Å². The van der Waals surface area contributed by atoms with Crippen LogP contribution in [0.25, 0.3) is 5.57 Å². The first-order chi connectivity index (χ1) is 4.20. The first-order valence-electron chi connectivity index (χ1n) is 2.58. The molecular weight excluding hydrogens is 116 g/mol. The summed E-state index contributed by atoms with van der Waals surface area (Å²) in [6.07, 6.45) is 0. The van der Waals surface area contributed by atoms with Crippen molar-refractivity contribution in [1.29, 1.82) is 0 Å². The highest BCUT2D eigenvalue weighted by molar-refractivity contribution is 5.59. The third-order valence-electron chi connectivity index (χ3n) is 0.966. The van der Waals surface area contributed by atoms with Gasteiger partial charge in [-0.3, -0.25) is 0 Å². The van der Waals surface area contributed by atoms with E-state index in [0.717, 1.165) is 5.57 Å². The summed E-state index contributed by atoms with van der Waals surface area (Å²) in [6, 6.07) is 1.64. The Hall–Kier alpha value is -1.25. The summed E-state index contributed by atoms with van der Waals surface area (Å²) in [5, 5.41) is 3.62. The highest BCUT2D eigenvalue weighted by Crippen LogP contribution is 2.11. The van der Waals surface area contributed by atoms with Gasteiger partial charge in [-0.15, -0.1) is 0 Å². The van der Waals surface area contributed by atoms with Gasteiger partial charge in [-0.25, -0.2) is 0 Å². The summed E-state index contributed by atoms with van der Waals surface area (Å²) in [4.78, 5) is 0. The molecule has 0 aliphatic heterocycles. The largest absolute Gasteiger partial charge is 0.368 e. The molecule has 2 N–H and O–H groups in total. The van der Waals surface area contributed by atoms with Crippen molar-refractivity contribution in [3.63, 3.8) is 0 Å². The van der Waals surface area contributed by atoms with Crippen LogP contribution in [0.2, 0.25) is 0 Å². The second kappa shape index (κ2) is 1.93. The molecule has 0 radical (unpaired) electrons. The molecule has 0 fully saturated rings. The van der Waals surface area contributed by atoms with Crippen molar-refractivity contribution in [2.24, 2.45) is 0 Å². The van der Waals surface area contributed by atoms with E-state index in [1.165, 1.54) is 0 Å². The molecule has 0 aliphatic carbocycles. The zero-order chi connectivity index (χ0) is 6.85. The third-order valence-corrected chi connectivity index (χ3v) is 0.966. The molecule has 1 heterocycles. The molecule has 3 heteroatoms. The lowest BCUT2D eigenvalue weighted by Gasteiger charge is -1.83. The van der Waals surface area contributed by atoms with Crippen molar-refractivity contribution in [2.45, 2.75) is 6.92 Å². The first kappa shape index (κ1) is 5.88. The van der Waals surface area contributed by atoms with E-state index >= 15 is 0 Å². The van der Waals surface area contributed by atoms with Crippen LogP contribution in [0.15, 0.2) is 17.2 Å². The number of anilines is 1. The molecule has 48 valence electrons. The number of hydrogen-bond donors (Lipinski definition) is 1. The van der Waals surface area contributed by atoms with Gasteiger partial charge < -0.3 is 10.3 Å². The normalized spacial score (nSPS) is 9.44. The molecule has 0 bridgehead atoms. The minimum absolute atomic E-state index is 0.327. The quantitative estimate of drug-likeness (QED) is 0.613. The van der Waals surface area contributed by atoms with Crippen LogP contribution in [0.1, 0.15) is 12.6 Å². The maximum atomic E-state index is 5.25. The number of hydrogen-bond acceptors (Lipinski definition) is 3. The molecule has 0 amide bonds. The first-order valence-corrected chi connectivity index (χ1v) is 2.58. The molecule has 0 atom stereocenters. The fourth-order valence-corrected chi connectivity index (χ4v) is 0.490. The number of rotatable bonds is 1. The van der Waals surface area contributed by atoms with Gasteiger partial charge >= 0.3 is 0 Å². The maximum Gasteiger partial charge on any atom is 0.222 e. The van der Waals surface area contributed by atoms with Gasteiger partial charge in [-0.05, 0) is 12.5 Å². The predicted octanol–water partition coefficient (Wildman–Crippen LogP) is 1.29. The van der Waals surface area contributed by atoms with E-state index in [9.17, 15) is 0 Å². The standard InChI is InChI=1S/C6H8N2O/c1-4(2)5-3-6(7)9-8-5/h3H,1,7H2,2H3. The Kier molecular flexibility index (Phi) is 1.26. The second-order valence-electron chi connectivity index (χ2n) is 1.89. The van der Waals surface area contributed by atoms with E-state index in [1.807, 2.05) is 6.92 Å². The average molecular weight is 124 g/mol. The van der Waals surface area contributed by atoms with Gasteiger partial charge in [0.1, 0.15) is 5.69 Å². The molecule has 1 rings (SSSR count). The van der Waals surface area contributed by atoms with E-state index in [0.29, 0.717) is 11.6 Å². The van der Waals surface area contributed by atoms with Gasteiger partial charge in [-0.2, -0.15) is 0 Å². The number of nitrogens with zero attached hydrogens (tertiary/aromatic N) is 1. The van der Waals surface area contributed by atoms with Crippen molar-refractivity contribution < 1.29 is 4.52 Å². The van der Waals surface area contributed by atoms with Crippen LogP contribution >= 0.6 is 0 Å². The Bertz CT molecular complexity index is 227. The van der Waals surface area contributed by atoms with Crippen LogP contribution in [0, 0.1) is 0 Å². The second-order valence-corrected chi connectivity index (χ2v) is 1.89. The molecule has 0 spiro atoms. The fourth-order valence-electron chi connectivity index (χ4n) is 0.490.